The molecule has 1 atom stereocenters. The van der Waals surface area contributed by atoms with Gasteiger partial charge < -0.3 is 0 Å². The lowest BCUT2D eigenvalue weighted by molar-refractivity contribution is 0.611. The molecule has 0 saturated heterocycles. The van der Waals surface area contributed by atoms with Crippen LogP contribution in [-0.4, -0.2) is 15.6 Å². The van der Waals surface area contributed by atoms with Crippen molar-refractivity contribution in [1.29, 1.82) is 0 Å². The van der Waals surface area contributed by atoms with E-state index >= 15 is 0 Å². The van der Waals surface area contributed by atoms with Gasteiger partial charge in [-0.1, -0.05) is 48.0 Å². The highest BCUT2D eigenvalue weighted by molar-refractivity contribution is 9.10. The molecule has 0 spiro atoms. The Kier molecular flexibility index (Phi) is 7.24. The standard InChI is InChI=1S/C16H22BrNOS/c1-5-8-15(9-6-2)18(4)20(19)16-12-14(17)11-10-13(16)7-3/h5,8-12H,6-7H2,1-4H3/b8-5-,15-9+. The highest BCUT2D eigenvalue weighted by Crippen LogP contribution is 2.24. The molecular formula is C16H22BrNOS. The molecule has 0 aliphatic carbocycles. The molecule has 0 aliphatic heterocycles. The van der Waals surface area contributed by atoms with Crippen LogP contribution < -0.4 is 0 Å². The topological polar surface area (TPSA) is 20.3 Å². The molecule has 0 fully saturated rings. The summed E-state index contributed by atoms with van der Waals surface area (Å²) in [6.07, 6.45) is 7.84. The molecule has 0 heterocycles. The molecule has 1 rings (SSSR count). The Morgan fingerprint density at radius 1 is 1.40 bits per heavy atom. The lowest BCUT2D eigenvalue weighted by atomic mass is 10.2. The van der Waals surface area contributed by atoms with E-state index in [1.165, 1.54) is 0 Å². The van der Waals surface area contributed by atoms with Crippen LogP contribution in [0.4, 0.5) is 0 Å². The molecule has 0 aromatic heterocycles. The first-order valence-corrected chi connectivity index (χ1v) is 8.71. The minimum Gasteiger partial charge on any atom is -0.291 e. The van der Waals surface area contributed by atoms with Gasteiger partial charge in [-0.05, 0) is 43.5 Å². The summed E-state index contributed by atoms with van der Waals surface area (Å²) >= 11 is 3.46. The second-order valence-electron chi connectivity index (χ2n) is 4.39. The first kappa shape index (κ1) is 17.2. The number of hydrogen-bond donors (Lipinski definition) is 0. The van der Waals surface area contributed by atoms with E-state index in [1.54, 1.807) is 0 Å². The van der Waals surface area contributed by atoms with Crippen LogP contribution in [0.25, 0.3) is 0 Å². The fraction of sp³-hybridized carbons (Fsp3) is 0.375. The van der Waals surface area contributed by atoms with Gasteiger partial charge in [-0.3, -0.25) is 4.31 Å². The number of allylic oxidation sites excluding steroid dienone is 3. The van der Waals surface area contributed by atoms with Gasteiger partial charge in [-0.25, -0.2) is 4.21 Å². The lowest BCUT2D eigenvalue weighted by Crippen LogP contribution is -2.21. The molecule has 0 amide bonds. The molecule has 1 aromatic carbocycles. The van der Waals surface area contributed by atoms with Gasteiger partial charge in [-0.2, -0.15) is 0 Å². The summed E-state index contributed by atoms with van der Waals surface area (Å²) < 4.78 is 15.6. The molecule has 110 valence electrons. The Hall–Kier alpha value is -0.870. The third-order valence-corrected chi connectivity index (χ3v) is 4.92. The minimum absolute atomic E-state index is 0.871. The van der Waals surface area contributed by atoms with Crippen LogP contribution in [0, 0.1) is 0 Å². The van der Waals surface area contributed by atoms with E-state index in [0.717, 1.165) is 33.5 Å². The van der Waals surface area contributed by atoms with Crippen molar-refractivity contribution in [3.8, 4) is 0 Å². The predicted molar refractivity (Wildman–Crippen MR) is 90.9 cm³/mol. The van der Waals surface area contributed by atoms with Gasteiger partial charge in [-0.15, -0.1) is 0 Å². The van der Waals surface area contributed by atoms with E-state index in [1.807, 2.05) is 48.6 Å². The fourth-order valence-corrected chi connectivity index (χ4v) is 3.71. The van der Waals surface area contributed by atoms with Gasteiger partial charge in [0.1, 0.15) is 0 Å². The summed E-state index contributed by atoms with van der Waals surface area (Å²) in [4.78, 5) is 0.871. The molecule has 0 bridgehead atoms. The zero-order chi connectivity index (χ0) is 15.1. The molecule has 0 saturated carbocycles. The molecule has 0 N–H and O–H groups in total. The molecule has 2 nitrogen and oxygen atoms in total. The summed E-state index contributed by atoms with van der Waals surface area (Å²) in [5.41, 5.74) is 2.10. The van der Waals surface area contributed by atoms with Crippen molar-refractivity contribution < 1.29 is 4.21 Å². The number of rotatable bonds is 6. The van der Waals surface area contributed by atoms with Gasteiger partial charge in [0.25, 0.3) is 0 Å². The third kappa shape index (κ3) is 4.32. The number of nitrogens with zero attached hydrogens (tertiary/aromatic N) is 1. The van der Waals surface area contributed by atoms with Crippen molar-refractivity contribution >= 4 is 26.9 Å². The average Bonchev–Trinajstić information content (AvgIpc) is 2.45. The van der Waals surface area contributed by atoms with Crippen molar-refractivity contribution in [3.63, 3.8) is 0 Å². The summed E-state index contributed by atoms with van der Waals surface area (Å²) in [5, 5.41) is 0. The van der Waals surface area contributed by atoms with Gasteiger partial charge in [0, 0.05) is 17.2 Å². The molecule has 1 aromatic rings. The number of likely N-dealkylation sites (N-methyl/N-ethyl adjacent to an activating group) is 1. The highest BCUT2D eigenvalue weighted by Gasteiger charge is 2.15. The quantitative estimate of drug-likeness (QED) is 0.668. The van der Waals surface area contributed by atoms with Crippen LogP contribution in [0.5, 0.6) is 0 Å². The lowest BCUT2D eigenvalue weighted by Gasteiger charge is -2.21. The maximum absolute atomic E-state index is 12.8. The van der Waals surface area contributed by atoms with Gasteiger partial charge in [0.2, 0.25) is 0 Å². The normalized spacial score (nSPS) is 13.8. The summed E-state index contributed by atoms with van der Waals surface area (Å²) in [7, 11) is 0.674. The van der Waals surface area contributed by atoms with Crippen molar-refractivity contribution in [2.75, 3.05) is 7.05 Å². The Labute approximate surface area is 133 Å². The number of benzene rings is 1. The highest BCUT2D eigenvalue weighted by atomic mass is 79.9. The molecule has 4 heteroatoms. The zero-order valence-electron chi connectivity index (χ0n) is 12.5. The van der Waals surface area contributed by atoms with E-state index in [4.69, 9.17) is 0 Å². The molecule has 0 radical (unpaired) electrons. The first-order chi connectivity index (χ1) is 9.54. The van der Waals surface area contributed by atoms with Gasteiger partial charge in [0.15, 0.2) is 11.0 Å². The number of halogens is 1. The van der Waals surface area contributed by atoms with E-state index < -0.39 is 11.0 Å². The smallest absolute Gasteiger partial charge is 0.152 e. The number of aryl methyl sites for hydroxylation is 1. The minimum atomic E-state index is -1.20. The van der Waals surface area contributed by atoms with Crippen LogP contribution in [0.3, 0.4) is 0 Å². The van der Waals surface area contributed by atoms with Crippen LogP contribution in [0.2, 0.25) is 0 Å². The van der Waals surface area contributed by atoms with Crippen LogP contribution >= 0.6 is 15.9 Å². The van der Waals surface area contributed by atoms with Crippen molar-refractivity contribution in [1.82, 2.24) is 4.31 Å². The summed E-state index contributed by atoms with van der Waals surface area (Å²) in [6, 6.07) is 5.98. The first-order valence-electron chi connectivity index (χ1n) is 6.82. The second-order valence-corrected chi connectivity index (χ2v) is 6.79. The largest absolute Gasteiger partial charge is 0.291 e. The van der Waals surface area contributed by atoms with Crippen LogP contribution in [0.1, 0.15) is 32.8 Å². The van der Waals surface area contributed by atoms with E-state index in [-0.39, 0.29) is 0 Å². The average molecular weight is 356 g/mol. The third-order valence-electron chi connectivity index (χ3n) is 2.96. The predicted octanol–water partition coefficient (Wildman–Crippen LogP) is 4.84. The van der Waals surface area contributed by atoms with Gasteiger partial charge in [0.05, 0.1) is 4.90 Å². The maximum atomic E-state index is 12.8. The van der Waals surface area contributed by atoms with Crippen molar-refractivity contribution in [2.24, 2.45) is 0 Å². The molecular weight excluding hydrogens is 334 g/mol. The summed E-state index contributed by atoms with van der Waals surface area (Å²) in [6.45, 7) is 6.13. The van der Waals surface area contributed by atoms with E-state index in [9.17, 15) is 4.21 Å². The Morgan fingerprint density at radius 2 is 2.10 bits per heavy atom. The number of hydrogen-bond acceptors (Lipinski definition) is 1. The molecule has 20 heavy (non-hydrogen) atoms. The maximum Gasteiger partial charge on any atom is 0.152 e. The van der Waals surface area contributed by atoms with Crippen LogP contribution in [-0.2, 0) is 17.4 Å². The van der Waals surface area contributed by atoms with E-state index in [2.05, 4.69) is 35.9 Å². The van der Waals surface area contributed by atoms with E-state index in [0.29, 0.717) is 0 Å². The Balaban J connectivity index is 3.16. The van der Waals surface area contributed by atoms with Gasteiger partial charge >= 0.3 is 0 Å². The van der Waals surface area contributed by atoms with Crippen molar-refractivity contribution in [3.05, 3.63) is 52.2 Å². The zero-order valence-corrected chi connectivity index (χ0v) is 14.9. The molecule has 0 aliphatic rings. The van der Waals surface area contributed by atoms with Crippen molar-refractivity contribution in [2.45, 2.75) is 38.5 Å². The SMILES string of the molecule is C/C=C\C(=C/CC)N(C)S(=O)c1cc(Br)ccc1CC. The summed E-state index contributed by atoms with van der Waals surface area (Å²) in [5.74, 6) is 0. The fourth-order valence-electron chi connectivity index (χ4n) is 1.91. The molecule has 1 unspecified atom stereocenters. The second kappa shape index (κ2) is 8.42. The Morgan fingerprint density at radius 3 is 2.65 bits per heavy atom. The van der Waals surface area contributed by atoms with Crippen LogP contribution in [0.15, 0.2) is 51.5 Å². The Bertz CT molecular complexity index is 537. The monoisotopic (exact) mass is 355 g/mol.